The second-order valence-electron chi connectivity index (χ2n) is 5.66. The summed E-state index contributed by atoms with van der Waals surface area (Å²) in [5, 5.41) is 2.98. The summed E-state index contributed by atoms with van der Waals surface area (Å²) < 4.78 is -0.921. The van der Waals surface area contributed by atoms with Gasteiger partial charge in [0.15, 0.2) is 0 Å². The lowest BCUT2D eigenvalue weighted by molar-refractivity contribution is -0.126. The molecule has 1 aromatic rings. The van der Waals surface area contributed by atoms with Gasteiger partial charge in [-0.25, -0.2) is 0 Å². The topological polar surface area (TPSA) is 29.1 Å². The molecule has 1 fully saturated rings. The number of nitrogens with one attached hydrogen (secondary N) is 1. The van der Waals surface area contributed by atoms with Gasteiger partial charge in [-0.1, -0.05) is 43.7 Å². The Kier molecular flexibility index (Phi) is 4.36. The van der Waals surface area contributed by atoms with E-state index in [1.54, 1.807) is 0 Å². The van der Waals surface area contributed by atoms with Gasteiger partial charge >= 0.3 is 0 Å². The first-order chi connectivity index (χ1) is 9.36. The molecule has 0 aliphatic heterocycles. The molecular formula is C16H21Cl2NO. The first kappa shape index (κ1) is 15.7. The minimum Gasteiger partial charge on any atom is -0.355 e. The van der Waals surface area contributed by atoms with E-state index in [0.717, 1.165) is 6.42 Å². The van der Waals surface area contributed by atoms with Crippen molar-refractivity contribution in [2.45, 2.75) is 37.9 Å². The molecule has 1 aliphatic rings. The zero-order chi connectivity index (χ0) is 15.0. The maximum absolute atomic E-state index is 12.3. The maximum Gasteiger partial charge on any atom is 0.229 e. The molecule has 0 spiro atoms. The molecule has 2 unspecified atom stereocenters. The largest absolute Gasteiger partial charge is 0.355 e. The summed E-state index contributed by atoms with van der Waals surface area (Å²) in [7, 11) is 0. The highest BCUT2D eigenvalue weighted by atomic mass is 35.5. The van der Waals surface area contributed by atoms with Crippen LogP contribution in [-0.2, 0) is 11.2 Å². The van der Waals surface area contributed by atoms with E-state index in [0.29, 0.717) is 13.0 Å². The Hall–Kier alpha value is -0.730. The van der Waals surface area contributed by atoms with Crippen LogP contribution in [-0.4, -0.2) is 16.8 Å². The van der Waals surface area contributed by atoms with E-state index in [1.807, 2.05) is 13.8 Å². The molecule has 0 aromatic heterocycles. The minimum absolute atomic E-state index is 0.00251. The van der Waals surface area contributed by atoms with Crippen LogP contribution in [0.4, 0.5) is 0 Å². The lowest BCUT2D eigenvalue weighted by Gasteiger charge is -2.16. The highest BCUT2D eigenvalue weighted by molar-refractivity contribution is 6.53. The van der Waals surface area contributed by atoms with Crippen LogP contribution in [0.3, 0.4) is 0 Å². The zero-order valence-electron chi connectivity index (χ0n) is 12.2. The maximum atomic E-state index is 12.3. The number of alkyl halides is 2. The van der Waals surface area contributed by atoms with Gasteiger partial charge in [0.1, 0.15) is 4.33 Å². The summed E-state index contributed by atoms with van der Waals surface area (Å²) in [6.07, 6.45) is 1.48. The van der Waals surface area contributed by atoms with Crippen LogP contribution in [0.2, 0.25) is 0 Å². The number of carbonyl (C=O) groups is 1. The highest BCUT2D eigenvalue weighted by Gasteiger charge is 2.76. The first-order valence-corrected chi connectivity index (χ1v) is 7.83. The molecule has 0 saturated heterocycles. The van der Waals surface area contributed by atoms with Gasteiger partial charge in [-0.2, -0.15) is 0 Å². The van der Waals surface area contributed by atoms with Crippen molar-refractivity contribution in [3.05, 3.63) is 35.4 Å². The van der Waals surface area contributed by atoms with Gasteiger partial charge in [0.25, 0.3) is 0 Å². The average molecular weight is 314 g/mol. The van der Waals surface area contributed by atoms with Crippen LogP contribution >= 0.6 is 23.2 Å². The molecule has 1 aliphatic carbocycles. The van der Waals surface area contributed by atoms with Crippen molar-refractivity contribution in [1.82, 2.24) is 5.32 Å². The van der Waals surface area contributed by atoms with Crippen LogP contribution in [0.25, 0.3) is 0 Å². The second kappa shape index (κ2) is 5.57. The SMILES string of the molecule is CCC1(C(=O)NCCc2ccc(C)cc2)C(C)C1(Cl)Cl. The third-order valence-corrected chi connectivity index (χ3v) is 5.91. The third kappa shape index (κ3) is 2.44. The number of amides is 1. The number of rotatable bonds is 5. The molecule has 0 heterocycles. The van der Waals surface area contributed by atoms with Crippen molar-refractivity contribution < 1.29 is 4.79 Å². The smallest absolute Gasteiger partial charge is 0.229 e. The van der Waals surface area contributed by atoms with Gasteiger partial charge < -0.3 is 5.32 Å². The van der Waals surface area contributed by atoms with Gasteiger partial charge in [0.2, 0.25) is 5.91 Å². The predicted octanol–water partition coefficient (Wildman–Crippen LogP) is 3.87. The summed E-state index contributed by atoms with van der Waals surface area (Å²) in [5.74, 6) is -0.0210. The van der Waals surface area contributed by atoms with E-state index in [-0.39, 0.29) is 11.8 Å². The number of hydrogen-bond acceptors (Lipinski definition) is 1. The van der Waals surface area contributed by atoms with Crippen LogP contribution in [0.1, 0.15) is 31.4 Å². The molecule has 20 heavy (non-hydrogen) atoms. The Morgan fingerprint density at radius 1 is 1.30 bits per heavy atom. The van der Waals surface area contributed by atoms with Crippen LogP contribution in [0, 0.1) is 18.3 Å². The second-order valence-corrected chi connectivity index (χ2v) is 7.05. The number of benzene rings is 1. The summed E-state index contributed by atoms with van der Waals surface area (Å²) >= 11 is 12.5. The molecule has 2 nitrogen and oxygen atoms in total. The average Bonchev–Trinajstić information content (AvgIpc) is 2.86. The van der Waals surface area contributed by atoms with Crippen molar-refractivity contribution >= 4 is 29.1 Å². The lowest BCUT2D eigenvalue weighted by Crippen LogP contribution is -2.36. The standard InChI is InChI=1S/C16H21Cl2NO/c1-4-15(12(3)16(15,17)18)14(20)19-10-9-13-7-5-11(2)6-8-13/h5-8,12H,4,9-10H2,1-3H3,(H,19,20). The molecule has 110 valence electrons. The van der Waals surface area contributed by atoms with Crippen molar-refractivity contribution in [2.24, 2.45) is 11.3 Å². The van der Waals surface area contributed by atoms with Crippen molar-refractivity contribution in [3.63, 3.8) is 0 Å². The third-order valence-electron chi connectivity index (χ3n) is 4.58. The molecule has 2 rings (SSSR count). The number of hydrogen-bond donors (Lipinski definition) is 1. The van der Waals surface area contributed by atoms with Gasteiger partial charge in [-0.3, -0.25) is 4.79 Å². The molecule has 1 aromatic carbocycles. The van der Waals surface area contributed by atoms with Crippen molar-refractivity contribution in [3.8, 4) is 0 Å². The fraction of sp³-hybridized carbons (Fsp3) is 0.562. The van der Waals surface area contributed by atoms with Gasteiger partial charge in [0, 0.05) is 12.5 Å². The summed E-state index contributed by atoms with van der Waals surface area (Å²) in [4.78, 5) is 12.3. The fourth-order valence-corrected chi connectivity index (χ4v) is 3.95. The van der Waals surface area contributed by atoms with Crippen LogP contribution < -0.4 is 5.32 Å². The fourth-order valence-electron chi connectivity index (χ4n) is 2.92. The summed E-state index contributed by atoms with van der Waals surface area (Å²) in [5.41, 5.74) is 1.83. The Balaban J connectivity index is 1.89. The zero-order valence-corrected chi connectivity index (χ0v) is 13.7. The highest BCUT2D eigenvalue weighted by Crippen LogP contribution is 2.70. The molecule has 1 saturated carbocycles. The van der Waals surface area contributed by atoms with Gasteiger partial charge in [-0.15, -0.1) is 23.2 Å². The van der Waals surface area contributed by atoms with E-state index in [4.69, 9.17) is 23.2 Å². The summed E-state index contributed by atoms with van der Waals surface area (Å²) in [6, 6.07) is 8.33. The summed E-state index contributed by atoms with van der Waals surface area (Å²) in [6.45, 7) is 6.57. The number of carbonyl (C=O) groups excluding carboxylic acids is 1. The first-order valence-electron chi connectivity index (χ1n) is 7.08. The van der Waals surface area contributed by atoms with E-state index in [2.05, 4.69) is 36.5 Å². The van der Waals surface area contributed by atoms with E-state index >= 15 is 0 Å². The molecule has 2 atom stereocenters. The molecular weight excluding hydrogens is 293 g/mol. The Morgan fingerprint density at radius 2 is 1.85 bits per heavy atom. The lowest BCUT2D eigenvalue weighted by atomic mass is 9.99. The molecule has 1 N–H and O–H groups in total. The molecule has 1 amide bonds. The van der Waals surface area contributed by atoms with E-state index in [1.165, 1.54) is 11.1 Å². The quantitative estimate of drug-likeness (QED) is 0.821. The molecule has 0 radical (unpaired) electrons. The van der Waals surface area contributed by atoms with Crippen LogP contribution in [0.15, 0.2) is 24.3 Å². The Bertz CT molecular complexity index is 498. The van der Waals surface area contributed by atoms with Crippen molar-refractivity contribution in [1.29, 1.82) is 0 Å². The predicted molar refractivity (Wildman–Crippen MR) is 84.2 cm³/mol. The van der Waals surface area contributed by atoms with Gasteiger partial charge in [0.05, 0.1) is 5.41 Å². The molecule has 0 bridgehead atoms. The number of halogens is 2. The van der Waals surface area contributed by atoms with Crippen LogP contribution in [0.5, 0.6) is 0 Å². The van der Waals surface area contributed by atoms with Crippen molar-refractivity contribution in [2.75, 3.05) is 6.54 Å². The number of aryl methyl sites for hydroxylation is 1. The molecule has 4 heteroatoms. The normalized spacial score (nSPS) is 27.1. The van der Waals surface area contributed by atoms with E-state index in [9.17, 15) is 4.79 Å². The van der Waals surface area contributed by atoms with E-state index < -0.39 is 9.75 Å². The minimum atomic E-state index is -0.921. The monoisotopic (exact) mass is 313 g/mol. The van der Waals surface area contributed by atoms with Gasteiger partial charge in [-0.05, 0) is 25.3 Å². The Labute approximate surface area is 130 Å². The Morgan fingerprint density at radius 3 is 2.30 bits per heavy atom.